The minimum atomic E-state index is -0.741. The summed E-state index contributed by atoms with van der Waals surface area (Å²) < 4.78 is 7.62. The summed E-state index contributed by atoms with van der Waals surface area (Å²) in [4.78, 5) is 41.3. The molecule has 2 amide bonds. The molecule has 0 aliphatic carbocycles. The van der Waals surface area contributed by atoms with E-state index in [9.17, 15) is 14.4 Å². The van der Waals surface area contributed by atoms with Crippen molar-refractivity contribution in [2.45, 2.75) is 37.2 Å². The van der Waals surface area contributed by atoms with Crippen molar-refractivity contribution < 1.29 is 14.3 Å². The molecule has 1 spiro atoms. The molecule has 3 aliphatic heterocycles. The minimum absolute atomic E-state index is 0.0192. The van der Waals surface area contributed by atoms with Gasteiger partial charge >= 0.3 is 0 Å². The van der Waals surface area contributed by atoms with Gasteiger partial charge in [0.2, 0.25) is 11.8 Å². The molecule has 144 valence electrons. The SMILES string of the molecule is O=C(Cn1ccccc1=O)N1CC[C@@]23OC[C@@H](c4ccccc4)N2C(=O)C[C@@H]13. The normalized spacial score (nSPS) is 28.5. The second-order valence-electron chi connectivity index (χ2n) is 7.57. The zero-order valence-corrected chi connectivity index (χ0v) is 15.4. The Morgan fingerprint density at radius 2 is 1.89 bits per heavy atom. The van der Waals surface area contributed by atoms with E-state index in [1.807, 2.05) is 35.2 Å². The maximum atomic E-state index is 12.9. The molecule has 3 saturated heterocycles. The summed E-state index contributed by atoms with van der Waals surface area (Å²) in [7, 11) is 0. The molecule has 1 aromatic carbocycles. The maximum absolute atomic E-state index is 12.9. The first-order chi connectivity index (χ1) is 13.6. The number of benzene rings is 1. The van der Waals surface area contributed by atoms with Crippen LogP contribution in [0.15, 0.2) is 59.5 Å². The largest absolute Gasteiger partial charge is 0.351 e. The summed E-state index contributed by atoms with van der Waals surface area (Å²) in [5.41, 5.74) is 0.0960. The van der Waals surface area contributed by atoms with Gasteiger partial charge in [0.1, 0.15) is 6.54 Å². The molecular formula is C21H21N3O4. The molecule has 0 N–H and O–H groups in total. The van der Waals surface area contributed by atoms with E-state index in [-0.39, 0.29) is 42.4 Å². The van der Waals surface area contributed by atoms with Crippen LogP contribution in [0.5, 0.6) is 0 Å². The number of carbonyl (C=O) groups is 2. The molecule has 0 saturated carbocycles. The Morgan fingerprint density at radius 3 is 2.68 bits per heavy atom. The van der Waals surface area contributed by atoms with Crippen LogP contribution in [0.4, 0.5) is 0 Å². The highest BCUT2D eigenvalue weighted by Gasteiger charge is 2.65. The smallest absolute Gasteiger partial charge is 0.250 e. The summed E-state index contributed by atoms with van der Waals surface area (Å²) >= 11 is 0. The van der Waals surface area contributed by atoms with Gasteiger partial charge in [0.05, 0.1) is 25.1 Å². The van der Waals surface area contributed by atoms with E-state index in [1.54, 1.807) is 23.2 Å². The molecule has 4 heterocycles. The van der Waals surface area contributed by atoms with E-state index < -0.39 is 5.72 Å². The third-order valence-corrected chi connectivity index (χ3v) is 6.16. The quantitative estimate of drug-likeness (QED) is 0.802. The number of pyridine rings is 1. The predicted octanol–water partition coefficient (Wildman–Crippen LogP) is 1.15. The Balaban J connectivity index is 1.41. The molecule has 7 heteroatoms. The summed E-state index contributed by atoms with van der Waals surface area (Å²) in [6, 6.07) is 14.3. The van der Waals surface area contributed by atoms with Crippen molar-refractivity contribution in [3.63, 3.8) is 0 Å². The number of aromatic nitrogens is 1. The van der Waals surface area contributed by atoms with Crippen molar-refractivity contribution in [2.75, 3.05) is 13.2 Å². The molecule has 5 rings (SSSR count). The lowest BCUT2D eigenvalue weighted by Gasteiger charge is -2.33. The van der Waals surface area contributed by atoms with Crippen LogP contribution in [0.3, 0.4) is 0 Å². The van der Waals surface area contributed by atoms with Crippen LogP contribution in [0.25, 0.3) is 0 Å². The lowest BCUT2D eigenvalue weighted by molar-refractivity contribution is -0.141. The van der Waals surface area contributed by atoms with Crippen LogP contribution in [0.1, 0.15) is 24.4 Å². The molecule has 1 aromatic heterocycles. The first-order valence-corrected chi connectivity index (χ1v) is 9.56. The summed E-state index contributed by atoms with van der Waals surface area (Å²) in [6.07, 6.45) is 2.47. The van der Waals surface area contributed by atoms with Crippen LogP contribution < -0.4 is 5.56 Å². The average Bonchev–Trinajstić information content (AvgIpc) is 3.33. The summed E-state index contributed by atoms with van der Waals surface area (Å²) in [6.45, 7) is 0.936. The monoisotopic (exact) mass is 379 g/mol. The Kier molecular flexibility index (Phi) is 3.87. The summed E-state index contributed by atoms with van der Waals surface area (Å²) in [5, 5.41) is 0. The number of ether oxygens (including phenoxy) is 1. The van der Waals surface area contributed by atoms with Crippen molar-refractivity contribution in [1.82, 2.24) is 14.4 Å². The topological polar surface area (TPSA) is 71.9 Å². The van der Waals surface area contributed by atoms with Crippen LogP contribution in [-0.2, 0) is 20.9 Å². The van der Waals surface area contributed by atoms with Crippen molar-refractivity contribution in [3.05, 3.63) is 70.6 Å². The van der Waals surface area contributed by atoms with E-state index in [4.69, 9.17) is 4.74 Å². The molecule has 0 bridgehead atoms. The Morgan fingerprint density at radius 1 is 1.11 bits per heavy atom. The Hall–Kier alpha value is -2.93. The van der Waals surface area contributed by atoms with Gasteiger partial charge in [0, 0.05) is 25.2 Å². The molecule has 0 unspecified atom stereocenters. The fourth-order valence-corrected chi connectivity index (χ4v) is 4.89. The number of hydrogen-bond donors (Lipinski definition) is 0. The standard InChI is InChI=1S/C21H21N3O4/c25-18-8-4-5-10-22(18)13-20(27)23-11-9-21-17(23)12-19(26)24(21)16(14-28-21)15-6-2-1-3-7-15/h1-8,10,16-17H,9,11-14H2/t16-,17+,21-/m0/s1. The van der Waals surface area contributed by atoms with Gasteiger partial charge < -0.3 is 19.1 Å². The second-order valence-corrected chi connectivity index (χ2v) is 7.57. The molecule has 0 radical (unpaired) electrons. The van der Waals surface area contributed by atoms with E-state index in [1.165, 1.54) is 10.6 Å². The fourth-order valence-electron chi connectivity index (χ4n) is 4.89. The lowest BCUT2D eigenvalue weighted by atomic mass is 10.0. The maximum Gasteiger partial charge on any atom is 0.250 e. The zero-order valence-electron chi connectivity index (χ0n) is 15.4. The van der Waals surface area contributed by atoms with Gasteiger partial charge in [-0.25, -0.2) is 0 Å². The van der Waals surface area contributed by atoms with E-state index >= 15 is 0 Å². The van der Waals surface area contributed by atoms with E-state index in [0.717, 1.165) is 5.56 Å². The van der Waals surface area contributed by atoms with Crippen LogP contribution >= 0.6 is 0 Å². The van der Waals surface area contributed by atoms with Crippen LogP contribution in [0, 0.1) is 0 Å². The Labute approximate surface area is 162 Å². The highest BCUT2D eigenvalue weighted by atomic mass is 16.5. The van der Waals surface area contributed by atoms with Crippen molar-refractivity contribution in [1.29, 1.82) is 0 Å². The molecule has 3 atom stereocenters. The second kappa shape index (κ2) is 6.31. The van der Waals surface area contributed by atoms with E-state index in [0.29, 0.717) is 19.6 Å². The minimum Gasteiger partial charge on any atom is -0.351 e. The number of rotatable bonds is 3. The van der Waals surface area contributed by atoms with E-state index in [2.05, 4.69) is 0 Å². The summed E-state index contributed by atoms with van der Waals surface area (Å²) in [5.74, 6) is -0.137. The highest BCUT2D eigenvalue weighted by Crippen LogP contribution is 2.51. The van der Waals surface area contributed by atoms with Gasteiger partial charge in [-0.3, -0.25) is 14.4 Å². The fraction of sp³-hybridized carbons (Fsp3) is 0.381. The van der Waals surface area contributed by atoms with Crippen molar-refractivity contribution >= 4 is 11.8 Å². The lowest BCUT2D eigenvalue weighted by Crippen LogP contribution is -2.49. The zero-order chi connectivity index (χ0) is 19.3. The van der Waals surface area contributed by atoms with Gasteiger partial charge in [0.25, 0.3) is 5.56 Å². The molecule has 28 heavy (non-hydrogen) atoms. The number of hydrogen-bond acceptors (Lipinski definition) is 4. The van der Waals surface area contributed by atoms with Gasteiger partial charge in [-0.15, -0.1) is 0 Å². The number of amides is 2. The molecule has 3 aliphatic rings. The van der Waals surface area contributed by atoms with Crippen molar-refractivity contribution in [2.24, 2.45) is 0 Å². The number of nitrogens with zero attached hydrogens (tertiary/aromatic N) is 3. The van der Waals surface area contributed by atoms with Crippen molar-refractivity contribution in [3.8, 4) is 0 Å². The molecule has 2 aromatic rings. The molecule has 7 nitrogen and oxygen atoms in total. The molecular weight excluding hydrogens is 358 g/mol. The van der Waals surface area contributed by atoms with Gasteiger partial charge in [-0.05, 0) is 11.6 Å². The first kappa shape index (κ1) is 17.2. The predicted molar refractivity (Wildman–Crippen MR) is 100 cm³/mol. The van der Waals surface area contributed by atoms with Gasteiger partial charge in [-0.2, -0.15) is 0 Å². The average molecular weight is 379 g/mol. The van der Waals surface area contributed by atoms with Gasteiger partial charge in [0.15, 0.2) is 5.72 Å². The van der Waals surface area contributed by atoms with Crippen LogP contribution in [-0.4, -0.2) is 51.1 Å². The number of carbonyl (C=O) groups excluding carboxylic acids is 2. The molecule has 3 fully saturated rings. The number of likely N-dealkylation sites (tertiary alicyclic amines) is 1. The third kappa shape index (κ3) is 2.43. The van der Waals surface area contributed by atoms with Crippen LogP contribution in [0.2, 0.25) is 0 Å². The Bertz CT molecular complexity index is 988. The highest BCUT2D eigenvalue weighted by molar-refractivity contribution is 5.85. The van der Waals surface area contributed by atoms with Gasteiger partial charge in [-0.1, -0.05) is 36.4 Å². The third-order valence-electron chi connectivity index (χ3n) is 6.16. The first-order valence-electron chi connectivity index (χ1n) is 9.56.